The van der Waals surface area contributed by atoms with E-state index < -0.39 is 0 Å². The largest absolute Gasteiger partial charge is 0.458 e. The highest BCUT2D eigenvalue weighted by atomic mass is 16.5. The molecule has 0 spiro atoms. The number of ether oxygens (including phenoxy) is 1. The topological polar surface area (TPSA) is 12.5 Å². The number of nitrogens with zero attached hydrogens (tertiary/aromatic N) is 1. The molecule has 43 heavy (non-hydrogen) atoms. The Morgan fingerprint density at radius 1 is 0.674 bits per heavy atom. The Hall–Kier alpha value is -3.46. The zero-order valence-electron chi connectivity index (χ0n) is 28.0. The molecule has 0 atom stereocenters. The lowest BCUT2D eigenvalue weighted by atomic mass is 9.34. The summed E-state index contributed by atoms with van der Waals surface area (Å²) in [4.78, 5) is 2.56. The highest BCUT2D eigenvalue weighted by Gasteiger charge is 2.47. The fraction of sp³-hybridized carbons (Fsp3) is 0.400. The quantitative estimate of drug-likeness (QED) is 0.184. The van der Waals surface area contributed by atoms with Gasteiger partial charge in [-0.2, -0.15) is 0 Å². The number of rotatable bonds is 1. The minimum atomic E-state index is 0.0246. The van der Waals surface area contributed by atoms with Gasteiger partial charge < -0.3 is 9.64 Å². The van der Waals surface area contributed by atoms with Gasteiger partial charge in [0.2, 0.25) is 0 Å². The van der Waals surface area contributed by atoms with E-state index in [-0.39, 0.29) is 28.4 Å². The minimum absolute atomic E-state index is 0.0246. The van der Waals surface area contributed by atoms with Crippen molar-refractivity contribution in [2.24, 2.45) is 0 Å². The van der Waals surface area contributed by atoms with Gasteiger partial charge in [0.05, 0.1) is 0 Å². The third-order valence-electron chi connectivity index (χ3n) is 10.2. The van der Waals surface area contributed by atoms with Crippen LogP contribution in [0.3, 0.4) is 0 Å². The molecular weight excluding hydrogens is 521 g/mol. The fourth-order valence-corrected chi connectivity index (χ4v) is 8.15. The van der Waals surface area contributed by atoms with E-state index in [1.54, 1.807) is 0 Å². The highest BCUT2D eigenvalue weighted by molar-refractivity contribution is 6.99. The van der Waals surface area contributed by atoms with Crippen LogP contribution in [-0.2, 0) is 21.7 Å². The molecule has 2 heterocycles. The second-order valence-electron chi connectivity index (χ2n) is 16.8. The summed E-state index contributed by atoms with van der Waals surface area (Å²) in [7, 11) is 0. The summed E-state index contributed by atoms with van der Waals surface area (Å²) >= 11 is 0. The van der Waals surface area contributed by atoms with Crippen LogP contribution in [0.2, 0.25) is 0 Å². The molecule has 4 aromatic carbocycles. The summed E-state index contributed by atoms with van der Waals surface area (Å²) in [6.07, 6.45) is 1.15. The normalized spacial score (nSPS) is 17.6. The molecule has 0 saturated carbocycles. The van der Waals surface area contributed by atoms with Crippen LogP contribution in [0.5, 0.6) is 11.5 Å². The lowest BCUT2D eigenvalue weighted by molar-refractivity contribution is 0.403. The molecule has 0 aromatic heterocycles. The van der Waals surface area contributed by atoms with E-state index in [0.29, 0.717) is 0 Å². The number of benzene rings is 4. The predicted molar refractivity (Wildman–Crippen MR) is 185 cm³/mol. The van der Waals surface area contributed by atoms with E-state index in [1.165, 1.54) is 61.3 Å². The molecule has 2 aliphatic heterocycles. The van der Waals surface area contributed by atoms with E-state index in [1.807, 2.05) is 0 Å². The third kappa shape index (κ3) is 4.29. The van der Waals surface area contributed by atoms with Gasteiger partial charge in [-0.15, -0.1) is 0 Å². The van der Waals surface area contributed by atoms with Crippen molar-refractivity contribution in [3.63, 3.8) is 0 Å². The van der Waals surface area contributed by atoms with Crippen LogP contribution < -0.4 is 26.0 Å². The standard InChI is InChI=1S/C40H46BNO/c1-24-15-16-34-31(17-24)41-30-21-28-29(40(10,11)23-39(28,8)9)22-33(30)42(32-13-12-14-35(43-34)36(32)41)27-19-25(37(2,3)4)18-26(20-27)38(5,6)7/h12-22H,23H2,1-11H3. The van der Waals surface area contributed by atoms with Crippen LogP contribution in [-0.4, -0.2) is 6.71 Å². The number of fused-ring (bicyclic) bond motifs is 5. The van der Waals surface area contributed by atoms with E-state index in [4.69, 9.17) is 4.74 Å². The Balaban J connectivity index is 1.59. The Labute approximate surface area is 259 Å². The van der Waals surface area contributed by atoms with Gasteiger partial charge in [-0.05, 0) is 110 Å². The Morgan fingerprint density at radius 2 is 1.30 bits per heavy atom. The minimum Gasteiger partial charge on any atom is -0.458 e. The average molecular weight is 568 g/mol. The van der Waals surface area contributed by atoms with Gasteiger partial charge in [0.1, 0.15) is 11.5 Å². The highest BCUT2D eigenvalue weighted by Crippen LogP contribution is 2.52. The summed E-state index contributed by atoms with van der Waals surface area (Å²) in [6.45, 7) is 26.0. The summed E-state index contributed by atoms with van der Waals surface area (Å²) in [5.41, 5.74) is 15.0. The van der Waals surface area contributed by atoms with Crippen LogP contribution in [0.4, 0.5) is 17.1 Å². The van der Waals surface area contributed by atoms with E-state index >= 15 is 0 Å². The lowest BCUT2D eigenvalue weighted by Gasteiger charge is -2.41. The van der Waals surface area contributed by atoms with Crippen LogP contribution in [0, 0.1) is 6.92 Å². The zero-order valence-corrected chi connectivity index (χ0v) is 28.0. The number of hydrogen-bond acceptors (Lipinski definition) is 2. The molecule has 0 radical (unpaired) electrons. The van der Waals surface area contributed by atoms with Gasteiger partial charge in [-0.1, -0.05) is 105 Å². The first-order valence-corrected chi connectivity index (χ1v) is 16.0. The van der Waals surface area contributed by atoms with Gasteiger partial charge in [-0.3, -0.25) is 0 Å². The molecule has 0 unspecified atom stereocenters. The summed E-state index contributed by atoms with van der Waals surface area (Å²) in [6, 6.07) is 25.7. The Bertz CT molecular complexity index is 1780. The predicted octanol–water partition coefficient (Wildman–Crippen LogP) is 8.95. The molecule has 3 aliphatic rings. The summed E-state index contributed by atoms with van der Waals surface area (Å²) < 4.78 is 6.67. The van der Waals surface area contributed by atoms with E-state index in [0.717, 1.165) is 17.9 Å². The van der Waals surface area contributed by atoms with Gasteiger partial charge in [0.25, 0.3) is 6.71 Å². The molecule has 4 aromatic rings. The smallest absolute Gasteiger partial charge is 0.256 e. The average Bonchev–Trinajstić information content (AvgIpc) is 3.09. The van der Waals surface area contributed by atoms with Crippen molar-refractivity contribution in [3.05, 3.63) is 94.5 Å². The molecule has 0 fully saturated rings. The molecule has 220 valence electrons. The molecular formula is C40H46BNO. The zero-order chi connectivity index (χ0) is 30.9. The lowest BCUT2D eigenvalue weighted by Crippen LogP contribution is -2.59. The number of hydrogen-bond donors (Lipinski definition) is 0. The van der Waals surface area contributed by atoms with Crippen molar-refractivity contribution < 1.29 is 4.74 Å². The SMILES string of the molecule is Cc1ccc2c(c1)B1c3cc4c(cc3N(c3cc(C(C)(C)C)cc(C(C)(C)C)c3)c3cccc(c31)O2)C(C)(C)CC4(C)C. The van der Waals surface area contributed by atoms with Crippen LogP contribution >= 0.6 is 0 Å². The van der Waals surface area contributed by atoms with Crippen molar-refractivity contribution >= 4 is 40.2 Å². The molecule has 1 aliphatic carbocycles. The van der Waals surface area contributed by atoms with Gasteiger partial charge >= 0.3 is 0 Å². The number of anilines is 3. The molecule has 2 nitrogen and oxygen atoms in total. The van der Waals surface area contributed by atoms with Crippen molar-refractivity contribution in [3.8, 4) is 11.5 Å². The summed E-state index contributed by atoms with van der Waals surface area (Å²) in [5, 5.41) is 0. The molecule has 3 heteroatoms. The molecule has 0 bridgehead atoms. The first-order chi connectivity index (χ1) is 20.0. The van der Waals surface area contributed by atoms with Crippen molar-refractivity contribution in [1.29, 1.82) is 0 Å². The van der Waals surface area contributed by atoms with Gasteiger partial charge in [0, 0.05) is 17.1 Å². The maximum Gasteiger partial charge on any atom is 0.256 e. The maximum absolute atomic E-state index is 6.67. The van der Waals surface area contributed by atoms with Gasteiger partial charge in [-0.25, -0.2) is 0 Å². The first-order valence-electron chi connectivity index (χ1n) is 16.0. The Morgan fingerprint density at radius 3 is 1.93 bits per heavy atom. The van der Waals surface area contributed by atoms with Gasteiger partial charge in [0.15, 0.2) is 0 Å². The molecule has 0 amide bonds. The third-order valence-corrected chi connectivity index (χ3v) is 10.2. The second-order valence-corrected chi connectivity index (χ2v) is 16.8. The van der Waals surface area contributed by atoms with Crippen LogP contribution in [0.1, 0.15) is 103 Å². The fourth-order valence-electron chi connectivity index (χ4n) is 8.15. The maximum atomic E-state index is 6.67. The van der Waals surface area contributed by atoms with Crippen LogP contribution in [0.15, 0.2) is 66.7 Å². The first kappa shape index (κ1) is 28.3. The van der Waals surface area contributed by atoms with Crippen LogP contribution in [0.25, 0.3) is 0 Å². The van der Waals surface area contributed by atoms with E-state index in [2.05, 4.69) is 148 Å². The molecule has 0 N–H and O–H groups in total. The summed E-state index contributed by atoms with van der Waals surface area (Å²) in [5.74, 6) is 1.95. The Kier molecular flexibility index (Phi) is 5.80. The molecule has 0 saturated heterocycles. The van der Waals surface area contributed by atoms with Crippen molar-refractivity contribution in [1.82, 2.24) is 0 Å². The molecule has 7 rings (SSSR count). The monoisotopic (exact) mass is 567 g/mol. The van der Waals surface area contributed by atoms with Crippen molar-refractivity contribution in [2.75, 3.05) is 4.90 Å². The second kappa shape index (κ2) is 8.81. The number of aryl methyl sites for hydroxylation is 1. The van der Waals surface area contributed by atoms with E-state index in [9.17, 15) is 0 Å². The van der Waals surface area contributed by atoms with Crippen molar-refractivity contribution in [2.45, 2.75) is 104 Å².